The topological polar surface area (TPSA) is 84.0 Å². The Morgan fingerprint density at radius 3 is 2.11 bits per heavy atom. The predicted molar refractivity (Wildman–Crippen MR) is 97.7 cm³/mol. The van der Waals surface area contributed by atoms with E-state index in [9.17, 15) is 19.2 Å². The maximum atomic E-state index is 12.9. The Balaban J connectivity index is 1.59. The van der Waals surface area contributed by atoms with Crippen molar-refractivity contribution in [2.24, 2.45) is 5.92 Å². The van der Waals surface area contributed by atoms with Crippen LogP contribution in [0.15, 0.2) is 54.6 Å². The number of likely N-dealkylation sites (tertiary alicyclic amines) is 1. The van der Waals surface area contributed by atoms with Crippen LogP contribution in [0.3, 0.4) is 0 Å². The van der Waals surface area contributed by atoms with Crippen LogP contribution in [0.2, 0.25) is 0 Å². The summed E-state index contributed by atoms with van der Waals surface area (Å²) in [5.74, 6) is -2.79. The van der Waals surface area contributed by atoms with E-state index in [-0.39, 0.29) is 29.9 Å². The van der Waals surface area contributed by atoms with E-state index in [1.807, 2.05) is 30.3 Å². The largest absolute Gasteiger partial charge is 0.338 e. The normalized spacial score (nSPS) is 21.7. The Labute approximate surface area is 161 Å². The van der Waals surface area contributed by atoms with E-state index in [4.69, 9.17) is 4.84 Å². The first-order chi connectivity index (χ1) is 13.5. The standard InChI is InChI=1S/C21H18N2O5/c1-22-17(24)12-11-16(18(22)13-7-3-2-4-8-13)21(27)28-23-19(25)14-9-5-6-10-15(14)20(23)26/h2-10,16,18H,11-12H2,1H3. The van der Waals surface area contributed by atoms with Crippen molar-refractivity contribution in [3.8, 4) is 0 Å². The molecular weight excluding hydrogens is 360 g/mol. The summed E-state index contributed by atoms with van der Waals surface area (Å²) in [4.78, 5) is 56.8. The summed E-state index contributed by atoms with van der Waals surface area (Å²) in [6, 6.07) is 15.0. The smallest absolute Gasteiger partial charge is 0.338 e. The average molecular weight is 378 g/mol. The van der Waals surface area contributed by atoms with Gasteiger partial charge in [0, 0.05) is 13.5 Å². The number of hydrogen-bond acceptors (Lipinski definition) is 5. The second-order valence-electron chi connectivity index (χ2n) is 6.87. The van der Waals surface area contributed by atoms with Crippen LogP contribution in [0.25, 0.3) is 0 Å². The molecule has 0 aromatic heterocycles. The molecule has 2 aromatic carbocycles. The molecule has 1 saturated heterocycles. The highest BCUT2D eigenvalue weighted by atomic mass is 16.7. The molecule has 7 nitrogen and oxygen atoms in total. The third-order valence-electron chi connectivity index (χ3n) is 5.24. The third-order valence-corrected chi connectivity index (χ3v) is 5.24. The zero-order chi connectivity index (χ0) is 19.8. The number of benzene rings is 2. The van der Waals surface area contributed by atoms with Crippen molar-refractivity contribution < 1.29 is 24.0 Å². The van der Waals surface area contributed by atoms with E-state index in [1.165, 1.54) is 17.0 Å². The predicted octanol–water partition coefficient (Wildman–Crippen LogP) is 2.35. The number of imide groups is 1. The van der Waals surface area contributed by atoms with Gasteiger partial charge in [-0.25, -0.2) is 4.79 Å². The molecule has 28 heavy (non-hydrogen) atoms. The van der Waals surface area contributed by atoms with Crippen molar-refractivity contribution in [3.05, 3.63) is 71.3 Å². The molecule has 2 atom stereocenters. The van der Waals surface area contributed by atoms with E-state index in [2.05, 4.69) is 0 Å². The lowest BCUT2D eigenvalue weighted by molar-refractivity contribution is -0.178. The van der Waals surface area contributed by atoms with Gasteiger partial charge in [-0.15, -0.1) is 0 Å². The van der Waals surface area contributed by atoms with Gasteiger partial charge in [0.25, 0.3) is 11.8 Å². The number of rotatable bonds is 3. The Bertz CT molecular complexity index is 937. The maximum absolute atomic E-state index is 12.9. The van der Waals surface area contributed by atoms with Crippen LogP contribution in [0.5, 0.6) is 0 Å². The highest BCUT2D eigenvalue weighted by Crippen LogP contribution is 2.37. The van der Waals surface area contributed by atoms with E-state index < -0.39 is 29.7 Å². The van der Waals surface area contributed by atoms with Gasteiger partial charge < -0.3 is 9.74 Å². The number of nitrogens with zero attached hydrogens (tertiary/aromatic N) is 2. The van der Waals surface area contributed by atoms with Crippen LogP contribution in [0, 0.1) is 5.92 Å². The lowest BCUT2D eigenvalue weighted by atomic mass is 9.85. The van der Waals surface area contributed by atoms with Gasteiger partial charge in [-0.3, -0.25) is 14.4 Å². The van der Waals surface area contributed by atoms with Gasteiger partial charge in [0.1, 0.15) is 0 Å². The lowest BCUT2D eigenvalue weighted by Crippen LogP contribution is -2.45. The van der Waals surface area contributed by atoms with Gasteiger partial charge in [0.05, 0.1) is 23.1 Å². The summed E-state index contributed by atoms with van der Waals surface area (Å²) in [6.45, 7) is 0. The second kappa shape index (κ2) is 6.92. The van der Waals surface area contributed by atoms with Gasteiger partial charge in [-0.1, -0.05) is 47.5 Å². The molecule has 4 rings (SSSR count). The number of carbonyl (C=O) groups is 4. The fourth-order valence-electron chi connectivity index (χ4n) is 3.80. The van der Waals surface area contributed by atoms with Gasteiger partial charge in [0.2, 0.25) is 5.91 Å². The molecule has 0 spiro atoms. The minimum atomic E-state index is -0.706. The SMILES string of the molecule is CN1C(=O)CCC(C(=O)ON2C(=O)c3ccccc3C2=O)C1c1ccccc1. The Morgan fingerprint density at radius 1 is 0.929 bits per heavy atom. The molecule has 1 fully saturated rings. The molecule has 0 aliphatic carbocycles. The summed E-state index contributed by atoms with van der Waals surface area (Å²) in [7, 11) is 1.64. The van der Waals surface area contributed by atoms with Gasteiger partial charge >= 0.3 is 5.97 Å². The number of fused-ring (bicyclic) bond motifs is 1. The average Bonchev–Trinajstić information content (AvgIpc) is 2.95. The van der Waals surface area contributed by atoms with Crippen LogP contribution in [-0.2, 0) is 14.4 Å². The van der Waals surface area contributed by atoms with E-state index in [0.29, 0.717) is 5.06 Å². The zero-order valence-corrected chi connectivity index (χ0v) is 15.2. The number of piperidine rings is 1. The molecule has 3 amide bonds. The molecule has 0 radical (unpaired) electrons. The van der Waals surface area contributed by atoms with Crippen LogP contribution in [0.1, 0.15) is 45.2 Å². The molecule has 0 bridgehead atoms. The number of hydrogen-bond donors (Lipinski definition) is 0. The number of amides is 3. The van der Waals surface area contributed by atoms with Crippen LogP contribution in [-0.4, -0.2) is 40.7 Å². The number of carbonyl (C=O) groups excluding carboxylic acids is 4. The summed E-state index contributed by atoms with van der Waals surface area (Å²) in [5.41, 5.74) is 1.20. The highest BCUT2D eigenvalue weighted by Gasteiger charge is 2.44. The van der Waals surface area contributed by atoms with Crippen molar-refractivity contribution in [3.63, 3.8) is 0 Å². The summed E-state index contributed by atoms with van der Waals surface area (Å²) < 4.78 is 0. The molecular formula is C21H18N2O5. The van der Waals surface area contributed by atoms with Crippen LogP contribution < -0.4 is 0 Å². The Morgan fingerprint density at radius 2 is 1.50 bits per heavy atom. The first-order valence-corrected chi connectivity index (χ1v) is 8.99. The Kier molecular flexibility index (Phi) is 4.43. The van der Waals surface area contributed by atoms with Crippen molar-refractivity contribution >= 4 is 23.7 Å². The summed E-state index contributed by atoms with van der Waals surface area (Å²) in [5, 5.41) is 0.519. The van der Waals surface area contributed by atoms with Crippen LogP contribution >= 0.6 is 0 Å². The molecule has 2 heterocycles. The molecule has 142 valence electrons. The fourth-order valence-corrected chi connectivity index (χ4v) is 3.80. The van der Waals surface area contributed by atoms with Crippen LogP contribution in [0.4, 0.5) is 0 Å². The molecule has 7 heteroatoms. The van der Waals surface area contributed by atoms with Gasteiger partial charge in [-0.05, 0) is 24.1 Å². The molecule has 2 aromatic rings. The van der Waals surface area contributed by atoms with E-state index >= 15 is 0 Å². The van der Waals surface area contributed by atoms with E-state index in [1.54, 1.807) is 19.2 Å². The van der Waals surface area contributed by atoms with Crippen molar-refractivity contribution in [1.82, 2.24) is 9.96 Å². The summed E-state index contributed by atoms with van der Waals surface area (Å²) >= 11 is 0. The highest BCUT2D eigenvalue weighted by molar-refractivity contribution is 6.20. The van der Waals surface area contributed by atoms with E-state index in [0.717, 1.165) is 5.56 Å². The molecule has 2 aliphatic rings. The first kappa shape index (κ1) is 17.9. The summed E-state index contributed by atoms with van der Waals surface area (Å²) in [6.07, 6.45) is 0.479. The maximum Gasteiger partial charge on any atom is 0.338 e. The van der Waals surface area contributed by atoms with Gasteiger partial charge in [-0.2, -0.15) is 0 Å². The monoisotopic (exact) mass is 378 g/mol. The van der Waals surface area contributed by atoms with Gasteiger partial charge in [0.15, 0.2) is 0 Å². The number of hydroxylamine groups is 2. The zero-order valence-electron chi connectivity index (χ0n) is 15.2. The minimum absolute atomic E-state index is 0.0707. The van der Waals surface area contributed by atoms with Crippen molar-refractivity contribution in [2.75, 3.05) is 7.05 Å². The minimum Gasteiger partial charge on any atom is -0.338 e. The second-order valence-corrected chi connectivity index (χ2v) is 6.87. The quantitative estimate of drug-likeness (QED) is 0.766. The fraction of sp³-hybridized carbons (Fsp3) is 0.238. The molecule has 2 unspecified atom stereocenters. The molecule has 0 saturated carbocycles. The Hall–Kier alpha value is -3.48. The molecule has 0 N–H and O–H groups in total. The lowest BCUT2D eigenvalue weighted by Gasteiger charge is -2.38. The van der Waals surface area contributed by atoms with Crippen molar-refractivity contribution in [1.29, 1.82) is 0 Å². The third kappa shape index (κ3) is 2.85. The first-order valence-electron chi connectivity index (χ1n) is 8.99. The van der Waals surface area contributed by atoms with Crippen molar-refractivity contribution in [2.45, 2.75) is 18.9 Å². The molecule has 2 aliphatic heterocycles.